The fourth-order valence-corrected chi connectivity index (χ4v) is 2.54. The molecule has 0 aliphatic heterocycles. The van der Waals surface area contributed by atoms with Crippen molar-refractivity contribution in [3.63, 3.8) is 0 Å². The van der Waals surface area contributed by atoms with E-state index in [2.05, 4.69) is 12.2 Å². The number of para-hydroxylation sites is 1. The van der Waals surface area contributed by atoms with Crippen LogP contribution in [0.2, 0.25) is 0 Å². The third-order valence-corrected chi connectivity index (χ3v) is 4.14. The number of esters is 1. The van der Waals surface area contributed by atoms with Crippen molar-refractivity contribution in [2.45, 2.75) is 26.2 Å². The summed E-state index contributed by atoms with van der Waals surface area (Å²) in [5.74, 6) is -0.590. The van der Waals surface area contributed by atoms with Crippen molar-refractivity contribution in [3.05, 3.63) is 41.7 Å². The molecule has 7 nitrogen and oxygen atoms in total. The van der Waals surface area contributed by atoms with Crippen LogP contribution in [0, 0.1) is 0 Å². The van der Waals surface area contributed by atoms with Gasteiger partial charge in [0.2, 0.25) is 5.91 Å². The fraction of sp³-hybridized carbons (Fsp3) is 0.381. The van der Waals surface area contributed by atoms with E-state index in [1.807, 2.05) is 24.3 Å². The predicted molar refractivity (Wildman–Crippen MR) is 107 cm³/mol. The maximum Gasteiger partial charge on any atom is 0.331 e. The SMILES string of the molecule is CCCCc1oc2ccccc2c1/C=C/C(=O)OCC(=O)NCC(=O)N(C)C. The molecule has 7 heteroatoms. The van der Waals surface area contributed by atoms with Crippen LogP contribution >= 0.6 is 0 Å². The van der Waals surface area contributed by atoms with Crippen LogP contribution in [0.15, 0.2) is 34.8 Å². The lowest BCUT2D eigenvalue weighted by atomic mass is 10.1. The van der Waals surface area contributed by atoms with Crippen molar-refractivity contribution in [3.8, 4) is 0 Å². The molecule has 2 rings (SSSR count). The Bertz CT molecular complexity index is 867. The summed E-state index contributed by atoms with van der Waals surface area (Å²) in [4.78, 5) is 36.4. The van der Waals surface area contributed by atoms with Crippen LogP contribution in [0.5, 0.6) is 0 Å². The van der Waals surface area contributed by atoms with Gasteiger partial charge in [0.05, 0.1) is 6.54 Å². The van der Waals surface area contributed by atoms with Crippen LogP contribution in [0.3, 0.4) is 0 Å². The molecule has 0 fully saturated rings. The van der Waals surface area contributed by atoms with Gasteiger partial charge in [0.25, 0.3) is 5.91 Å². The lowest BCUT2D eigenvalue weighted by Gasteiger charge is -2.10. The van der Waals surface area contributed by atoms with Crippen molar-refractivity contribution in [1.29, 1.82) is 0 Å². The number of carbonyl (C=O) groups is 3. The van der Waals surface area contributed by atoms with E-state index in [1.54, 1.807) is 20.2 Å². The summed E-state index contributed by atoms with van der Waals surface area (Å²) < 4.78 is 10.8. The molecule has 0 aliphatic carbocycles. The topological polar surface area (TPSA) is 88.8 Å². The zero-order valence-electron chi connectivity index (χ0n) is 16.5. The van der Waals surface area contributed by atoms with Crippen molar-refractivity contribution >= 4 is 34.8 Å². The molecule has 0 radical (unpaired) electrons. The van der Waals surface area contributed by atoms with E-state index in [0.29, 0.717) is 0 Å². The van der Waals surface area contributed by atoms with Gasteiger partial charge < -0.3 is 19.4 Å². The van der Waals surface area contributed by atoms with Gasteiger partial charge in [-0.25, -0.2) is 4.79 Å². The maximum absolute atomic E-state index is 12.0. The Labute approximate surface area is 164 Å². The number of benzene rings is 1. The highest BCUT2D eigenvalue weighted by molar-refractivity contribution is 5.95. The summed E-state index contributed by atoms with van der Waals surface area (Å²) in [6, 6.07) is 7.64. The number of ether oxygens (including phenoxy) is 1. The molecule has 1 N–H and O–H groups in total. The number of amides is 2. The van der Waals surface area contributed by atoms with Crippen molar-refractivity contribution in [1.82, 2.24) is 10.2 Å². The summed E-state index contributed by atoms with van der Waals surface area (Å²) >= 11 is 0. The number of aryl methyl sites for hydroxylation is 1. The number of fused-ring (bicyclic) bond motifs is 1. The van der Waals surface area contributed by atoms with Crippen LogP contribution < -0.4 is 5.32 Å². The van der Waals surface area contributed by atoms with E-state index >= 15 is 0 Å². The first-order chi connectivity index (χ1) is 13.4. The quantitative estimate of drug-likeness (QED) is 0.528. The standard InChI is InChI=1S/C21H26N2O5/c1-4-5-9-17-16(15-8-6-7-10-18(15)28-17)11-12-21(26)27-14-19(24)22-13-20(25)23(2)3/h6-8,10-12H,4-5,9,13-14H2,1-3H3,(H,22,24)/b12-11+. The van der Waals surface area contributed by atoms with E-state index in [-0.39, 0.29) is 12.5 Å². The average Bonchev–Trinajstić information content (AvgIpc) is 3.04. The van der Waals surface area contributed by atoms with Gasteiger partial charge in [-0.05, 0) is 18.6 Å². The second-order valence-corrected chi connectivity index (χ2v) is 6.54. The summed E-state index contributed by atoms with van der Waals surface area (Å²) in [7, 11) is 3.18. The molecule has 0 spiro atoms. The number of hydrogen-bond donors (Lipinski definition) is 1. The Hall–Kier alpha value is -3.09. The Kier molecular flexibility index (Phi) is 7.80. The highest BCUT2D eigenvalue weighted by Crippen LogP contribution is 2.28. The molecule has 1 aromatic heterocycles. The van der Waals surface area contributed by atoms with Crippen LogP contribution in [-0.4, -0.2) is 49.9 Å². The molecule has 1 aromatic carbocycles. The predicted octanol–water partition coefficient (Wildman–Crippen LogP) is 2.54. The number of furan rings is 1. The Balaban J connectivity index is 1.96. The first kappa shape index (κ1) is 21.2. The number of nitrogens with one attached hydrogen (secondary N) is 1. The van der Waals surface area contributed by atoms with E-state index < -0.39 is 18.5 Å². The largest absolute Gasteiger partial charge is 0.460 e. The minimum absolute atomic E-state index is 0.138. The first-order valence-electron chi connectivity index (χ1n) is 9.24. The van der Waals surface area contributed by atoms with Gasteiger partial charge in [0, 0.05) is 37.5 Å². The van der Waals surface area contributed by atoms with Gasteiger partial charge in [-0.2, -0.15) is 0 Å². The Morgan fingerprint density at radius 1 is 1.21 bits per heavy atom. The van der Waals surface area contributed by atoms with Crippen molar-refractivity contribution in [2.24, 2.45) is 0 Å². The molecule has 0 saturated carbocycles. The normalized spacial score (nSPS) is 11.0. The van der Waals surface area contributed by atoms with Gasteiger partial charge in [0.15, 0.2) is 6.61 Å². The minimum Gasteiger partial charge on any atom is -0.460 e. The van der Waals surface area contributed by atoms with Crippen molar-refractivity contribution < 1.29 is 23.5 Å². The average molecular weight is 386 g/mol. The van der Waals surface area contributed by atoms with E-state index in [1.165, 1.54) is 11.0 Å². The molecule has 28 heavy (non-hydrogen) atoms. The molecule has 0 saturated heterocycles. The summed E-state index contributed by atoms with van der Waals surface area (Å²) in [5, 5.41) is 3.33. The third-order valence-electron chi connectivity index (χ3n) is 4.14. The van der Waals surface area contributed by atoms with E-state index in [9.17, 15) is 14.4 Å². The van der Waals surface area contributed by atoms with Crippen LogP contribution in [0.1, 0.15) is 31.1 Å². The molecule has 0 aliphatic rings. The Morgan fingerprint density at radius 2 is 1.96 bits per heavy atom. The highest BCUT2D eigenvalue weighted by atomic mass is 16.5. The molecule has 1 heterocycles. The lowest BCUT2D eigenvalue weighted by Crippen LogP contribution is -2.38. The smallest absolute Gasteiger partial charge is 0.331 e. The van der Waals surface area contributed by atoms with Gasteiger partial charge in [0.1, 0.15) is 11.3 Å². The number of nitrogens with zero attached hydrogens (tertiary/aromatic N) is 1. The summed E-state index contributed by atoms with van der Waals surface area (Å²) in [5.41, 5.74) is 1.62. The molecule has 0 unspecified atom stereocenters. The molecule has 2 aromatic rings. The number of likely N-dealkylation sites (N-methyl/N-ethyl adjacent to an activating group) is 1. The third kappa shape index (κ3) is 5.97. The summed E-state index contributed by atoms with van der Waals surface area (Å²) in [6.45, 7) is 1.52. The summed E-state index contributed by atoms with van der Waals surface area (Å²) in [6.07, 6.45) is 5.74. The van der Waals surface area contributed by atoms with E-state index in [4.69, 9.17) is 9.15 Å². The van der Waals surface area contributed by atoms with Gasteiger partial charge >= 0.3 is 5.97 Å². The molecule has 2 amide bonds. The van der Waals surface area contributed by atoms with Gasteiger partial charge in [-0.3, -0.25) is 9.59 Å². The van der Waals surface area contributed by atoms with Gasteiger partial charge in [-0.1, -0.05) is 31.5 Å². The molecular weight excluding hydrogens is 360 g/mol. The fourth-order valence-electron chi connectivity index (χ4n) is 2.54. The maximum atomic E-state index is 12.0. The van der Waals surface area contributed by atoms with E-state index in [0.717, 1.165) is 41.6 Å². The minimum atomic E-state index is -0.638. The number of hydrogen-bond acceptors (Lipinski definition) is 5. The molecule has 0 bridgehead atoms. The van der Waals surface area contributed by atoms with Gasteiger partial charge in [-0.15, -0.1) is 0 Å². The van der Waals surface area contributed by atoms with Crippen molar-refractivity contribution in [2.75, 3.05) is 27.2 Å². The van der Waals surface area contributed by atoms with Crippen LogP contribution in [0.4, 0.5) is 0 Å². The lowest BCUT2D eigenvalue weighted by molar-refractivity contribution is -0.144. The molecule has 150 valence electrons. The Morgan fingerprint density at radius 3 is 2.68 bits per heavy atom. The van der Waals surface area contributed by atoms with Crippen LogP contribution in [0.25, 0.3) is 17.0 Å². The number of unbranched alkanes of at least 4 members (excludes halogenated alkanes) is 1. The van der Waals surface area contributed by atoms with Crippen LogP contribution in [-0.2, 0) is 25.5 Å². The molecule has 0 atom stereocenters. The zero-order chi connectivity index (χ0) is 20.5. The number of carbonyl (C=O) groups excluding carboxylic acids is 3. The first-order valence-corrected chi connectivity index (χ1v) is 9.24. The monoisotopic (exact) mass is 386 g/mol. The zero-order valence-corrected chi connectivity index (χ0v) is 16.5. The second-order valence-electron chi connectivity index (χ2n) is 6.54. The second kappa shape index (κ2) is 10.3. The number of rotatable bonds is 9. The highest BCUT2D eigenvalue weighted by Gasteiger charge is 2.12. The molecular formula is C21H26N2O5.